The third-order valence-electron chi connectivity index (χ3n) is 6.79. The molecule has 8 heteroatoms. The normalized spacial score (nSPS) is 13.7. The summed E-state index contributed by atoms with van der Waals surface area (Å²) in [6.07, 6.45) is 3.72. The minimum absolute atomic E-state index is 0.0298. The SMILES string of the molecule is O=C(NCCCO)c1ccc2nc(-c3cccc4c3-c3ccccc3C4NC(=O)c3ccncc3)[nH]c2c1. The van der Waals surface area contributed by atoms with Crippen molar-refractivity contribution in [3.63, 3.8) is 0 Å². The van der Waals surface area contributed by atoms with Crippen molar-refractivity contribution >= 4 is 22.8 Å². The van der Waals surface area contributed by atoms with E-state index < -0.39 is 0 Å². The Morgan fingerprint density at radius 3 is 2.50 bits per heavy atom. The van der Waals surface area contributed by atoms with E-state index in [4.69, 9.17) is 10.1 Å². The Bertz CT molecular complexity index is 1660. The maximum Gasteiger partial charge on any atom is 0.252 e. The number of nitrogens with zero attached hydrogens (tertiary/aromatic N) is 2. The number of nitrogens with one attached hydrogen (secondary N) is 3. The molecule has 5 aromatic rings. The Morgan fingerprint density at radius 2 is 1.66 bits per heavy atom. The second-order valence-electron chi connectivity index (χ2n) is 9.15. The van der Waals surface area contributed by atoms with Crippen LogP contribution in [0, 0.1) is 0 Å². The van der Waals surface area contributed by atoms with Crippen LogP contribution in [0.5, 0.6) is 0 Å². The molecule has 2 amide bonds. The van der Waals surface area contributed by atoms with Crippen molar-refractivity contribution in [2.75, 3.05) is 13.2 Å². The molecule has 3 aromatic carbocycles. The van der Waals surface area contributed by atoms with Crippen molar-refractivity contribution in [1.29, 1.82) is 0 Å². The molecule has 1 aliphatic rings. The van der Waals surface area contributed by atoms with Gasteiger partial charge in [-0.15, -0.1) is 0 Å². The number of imidazole rings is 1. The van der Waals surface area contributed by atoms with Crippen LogP contribution < -0.4 is 10.6 Å². The molecule has 8 nitrogen and oxygen atoms in total. The molecule has 4 N–H and O–H groups in total. The van der Waals surface area contributed by atoms with Crippen LogP contribution in [0.25, 0.3) is 33.5 Å². The van der Waals surface area contributed by atoms with Crippen molar-refractivity contribution in [2.45, 2.75) is 12.5 Å². The average Bonchev–Trinajstić information content (AvgIpc) is 3.53. The summed E-state index contributed by atoms with van der Waals surface area (Å²) in [4.78, 5) is 37.8. The van der Waals surface area contributed by atoms with Crippen LogP contribution in [0.3, 0.4) is 0 Å². The molecule has 0 aliphatic heterocycles. The van der Waals surface area contributed by atoms with E-state index in [2.05, 4.69) is 26.7 Å². The lowest BCUT2D eigenvalue weighted by Gasteiger charge is -2.16. The number of hydrogen-bond acceptors (Lipinski definition) is 5. The molecule has 0 saturated carbocycles. The van der Waals surface area contributed by atoms with Crippen LogP contribution in [0.4, 0.5) is 0 Å². The van der Waals surface area contributed by atoms with Crippen LogP contribution in [0.1, 0.15) is 44.3 Å². The number of aromatic amines is 1. The highest BCUT2D eigenvalue weighted by Crippen LogP contribution is 2.47. The first kappa shape index (κ1) is 23.6. The van der Waals surface area contributed by atoms with Gasteiger partial charge in [0, 0.05) is 42.2 Å². The maximum atomic E-state index is 13.1. The number of carbonyl (C=O) groups excluding carboxylic acids is 2. The number of amides is 2. The van der Waals surface area contributed by atoms with Crippen LogP contribution >= 0.6 is 0 Å². The lowest BCUT2D eigenvalue weighted by Crippen LogP contribution is -2.28. The Kier molecular flexibility index (Phi) is 6.15. The maximum absolute atomic E-state index is 13.1. The zero-order chi connectivity index (χ0) is 26.1. The van der Waals surface area contributed by atoms with Crippen molar-refractivity contribution < 1.29 is 14.7 Å². The lowest BCUT2D eigenvalue weighted by molar-refractivity contribution is 0.0938. The topological polar surface area (TPSA) is 120 Å². The molecule has 0 spiro atoms. The van der Waals surface area contributed by atoms with Gasteiger partial charge in [-0.1, -0.05) is 42.5 Å². The van der Waals surface area contributed by atoms with Crippen LogP contribution in [0.2, 0.25) is 0 Å². The van der Waals surface area contributed by atoms with Crippen LogP contribution in [-0.2, 0) is 0 Å². The summed E-state index contributed by atoms with van der Waals surface area (Å²) in [7, 11) is 0. The van der Waals surface area contributed by atoms with Gasteiger partial charge in [-0.05, 0) is 59.0 Å². The molecule has 1 aliphatic carbocycles. The molecule has 188 valence electrons. The Morgan fingerprint density at radius 1 is 0.868 bits per heavy atom. The quantitative estimate of drug-likeness (QED) is 0.248. The molecule has 1 unspecified atom stereocenters. The minimum Gasteiger partial charge on any atom is -0.396 e. The predicted octanol–water partition coefficient (Wildman–Crippen LogP) is 4.24. The number of rotatable bonds is 7. The van der Waals surface area contributed by atoms with Crippen molar-refractivity contribution in [3.8, 4) is 22.5 Å². The number of pyridine rings is 1. The number of aliphatic hydroxyl groups excluding tert-OH is 1. The number of fused-ring (bicyclic) bond motifs is 4. The van der Waals surface area contributed by atoms with E-state index in [1.807, 2.05) is 42.5 Å². The van der Waals surface area contributed by atoms with Gasteiger partial charge in [-0.3, -0.25) is 14.6 Å². The second-order valence-corrected chi connectivity index (χ2v) is 9.15. The minimum atomic E-state index is -0.305. The third-order valence-corrected chi connectivity index (χ3v) is 6.79. The molecule has 2 heterocycles. The number of hydrogen-bond donors (Lipinski definition) is 4. The average molecular weight is 504 g/mol. The van der Waals surface area contributed by atoms with Crippen molar-refractivity contribution in [3.05, 3.63) is 107 Å². The Labute approximate surface area is 218 Å². The largest absolute Gasteiger partial charge is 0.396 e. The van der Waals surface area contributed by atoms with Gasteiger partial charge in [-0.2, -0.15) is 0 Å². The molecule has 38 heavy (non-hydrogen) atoms. The molecule has 0 bridgehead atoms. The van der Waals surface area contributed by atoms with E-state index in [0.29, 0.717) is 29.9 Å². The molecule has 0 fully saturated rings. The van der Waals surface area contributed by atoms with E-state index in [-0.39, 0.29) is 24.5 Å². The number of carbonyl (C=O) groups is 2. The fraction of sp³-hybridized carbons (Fsp3) is 0.133. The predicted molar refractivity (Wildman–Crippen MR) is 145 cm³/mol. The van der Waals surface area contributed by atoms with Crippen LogP contribution in [-0.4, -0.2) is 45.0 Å². The molecule has 6 rings (SSSR count). The first-order chi connectivity index (χ1) is 18.6. The summed E-state index contributed by atoms with van der Waals surface area (Å²) in [5.74, 6) is 0.323. The van der Waals surface area contributed by atoms with Gasteiger partial charge in [0.05, 0.1) is 17.1 Å². The van der Waals surface area contributed by atoms with Crippen LogP contribution in [0.15, 0.2) is 85.2 Å². The fourth-order valence-electron chi connectivity index (χ4n) is 4.99. The first-order valence-corrected chi connectivity index (χ1v) is 12.5. The number of aromatic nitrogens is 3. The number of H-pyrrole nitrogens is 1. The highest BCUT2D eigenvalue weighted by Gasteiger charge is 2.32. The van der Waals surface area contributed by atoms with Crippen molar-refractivity contribution in [2.24, 2.45) is 0 Å². The second kappa shape index (κ2) is 9.91. The monoisotopic (exact) mass is 503 g/mol. The molecule has 1 atom stereocenters. The standard InChI is InChI=1S/C30H25N5O3/c36-16-4-13-32-29(37)19-9-10-24-25(17-19)34-28(33-24)23-8-3-7-22-26(23)20-5-1-2-6-21(20)27(22)35-30(38)18-11-14-31-15-12-18/h1-3,5-12,14-15,17,27,36H,4,13,16H2,(H,32,37)(H,33,34)(H,35,38). The van der Waals surface area contributed by atoms with Gasteiger partial charge in [0.15, 0.2) is 0 Å². The van der Waals surface area contributed by atoms with E-state index in [1.54, 1.807) is 36.7 Å². The molecule has 2 aromatic heterocycles. The van der Waals surface area contributed by atoms with E-state index in [9.17, 15) is 9.59 Å². The van der Waals surface area contributed by atoms with Gasteiger partial charge in [0.1, 0.15) is 5.82 Å². The molecular weight excluding hydrogens is 478 g/mol. The Hall–Kier alpha value is -4.82. The summed E-state index contributed by atoms with van der Waals surface area (Å²) in [5, 5.41) is 15.0. The fourth-order valence-corrected chi connectivity index (χ4v) is 4.99. The molecular formula is C30H25N5O3. The van der Waals surface area contributed by atoms with Gasteiger partial charge >= 0.3 is 0 Å². The first-order valence-electron chi connectivity index (χ1n) is 12.5. The highest BCUT2D eigenvalue weighted by molar-refractivity contribution is 5.99. The highest BCUT2D eigenvalue weighted by atomic mass is 16.3. The zero-order valence-electron chi connectivity index (χ0n) is 20.4. The molecule has 0 radical (unpaired) electrons. The van der Waals surface area contributed by atoms with E-state index >= 15 is 0 Å². The van der Waals surface area contributed by atoms with E-state index in [1.165, 1.54) is 0 Å². The van der Waals surface area contributed by atoms with Gasteiger partial charge in [0.25, 0.3) is 11.8 Å². The van der Waals surface area contributed by atoms with Gasteiger partial charge in [-0.25, -0.2) is 4.98 Å². The lowest BCUT2D eigenvalue weighted by atomic mass is 9.98. The summed E-state index contributed by atoms with van der Waals surface area (Å²) in [6, 6.07) is 22.5. The summed E-state index contributed by atoms with van der Waals surface area (Å²) < 4.78 is 0. The summed E-state index contributed by atoms with van der Waals surface area (Å²) in [5.41, 5.74) is 7.57. The number of benzene rings is 3. The van der Waals surface area contributed by atoms with E-state index in [0.717, 1.165) is 38.9 Å². The third kappa shape index (κ3) is 4.21. The smallest absolute Gasteiger partial charge is 0.252 e. The summed E-state index contributed by atoms with van der Waals surface area (Å²) in [6.45, 7) is 0.443. The Balaban J connectivity index is 1.38. The van der Waals surface area contributed by atoms with Gasteiger partial charge in [0.2, 0.25) is 0 Å². The zero-order valence-corrected chi connectivity index (χ0v) is 20.4. The summed E-state index contributed by atoms with van der Waals surface area (Å²) >= 11 is 0. The number of aliphatic hydroxyl groups is 1. The molecule has 0 saturated heterocycles. The van der Waals surface area contributed by atoms with Crippen molar-refractivity contribution in [1.82, 2.24) is 25.6 Å². The van der Waals surface area contributed by atoms with Gasteiger partial charge < -0.3 is 20.7 Å².